The third-order valence-electron chi connectivity index (χ3n) is 4.52. The van der Waals surface area contributed by atoms with E-state index in [1.54, 1.807) is 0 Å². The third kappa shape index (κ3) is 1.87. The Morgan fingerprint density at radius 3 is 2.21 bits per heavy atom. The van der Waals surface area contributed by atoms with Crippen molar-refractivity contribution in [3.05, 3.63) is 84.1 Å². The molecule has 3 aromatic carbocycles. The summed E-state index contributed by atoms with van der Waals surface area (Å²) in [6.45, 7) is 0. The van der Waals surface area contributed by atoms with E-state index in [0.29, 0.717) is 5.15 Å². The SMILES string of the molecule is Clc1nc(-c2cccc3ccccc23)n2ccc3ccccc3c12. The molecule has 5 rings (SSSR count). The Morgan fingerprint density at radius 2 is 1.38 bits per heavy atom. The van der Waals surface area contributed by atoms with E-state index in [0.717, 1.165) is 27.7 Å². The monoisotopic (exact) mass is 328 g/mol. The van der Waals surface area contributed by atoms with Crippen LogP contribution in [-0.2, 0) is 0 Å². The second kappa shape index (κ2) is 5.08. The van der Waals surface area contributed by atoms with Gasteiger partial charge in [-0.3, -0.25) is 4.40 Å². The van der Waals surface area contributed by atoms with Crippen LogP contribution in [0.5, 0.6) is 0 Å². The van der Waals surface area contributed by atoms with Gasteiger partial charge in [-0.25, -0.2) is 4.98 Å². The average molecular weight is 329 g/mol. The molecule has 0 saturated carbocycles. The van der Waals surface area contributed by atoms with Crippen molar-refractivity contribution in [2.45, 2.75) is 0 Å². The fourth-order valence-corrected chi connectivity index (χ4v) is 3.69. The molecule has 2 heterocycles. The summed E-state index contributed by atoms with van der Waals surface area (Å²) in [5.74, 6) is 0.873. The van der Waals surface area contributed by atoms with Gasteiger partial charge >= 0.3 is 0 Å². The van der Waals surface area contributed by atoms with Crippen LogP contribution in [-0.4, -0.2) is 9.38 Å². The molecule has 2 nitrogen and oxygen atoms in total. The molecule has 2 aromatic heterocycles. The van der Waals surface area contributed by atoms with Crippen LogP contribution in [0.25, 0.3) is 38.4 Å². The normalized spacial score (nSPS) is 11.5. The van der Waals surface area contributed by atoms with Gasteiger partial charge in [0.05, 0.1) is 5.52 Å². The first-order chi connectivity index (χ1) is 11.8. The molecule has 0 atom stereocenters. The predicted octanol–water partition coefficient (Wildman–Crippen LogP) is 5.96. The number of pyridine rings is 1. The maximum absolute atomic E-state index is 6.53. The molecule has 3 heteroatoms. The molecule has 0 amide bonds. The first-order valence-electron chi connectivity index (χ1n) is 7.86. The van der Waals surface area contributed by atoms with Crippen molar-refractivity contribution in [1.29, 1.82) is 0 Å². The molecule has 0 aliphatic carbocycles. The number of imidazole rings is 1. The summed E-state index contributed by atoms with van der Waals surface area (Å²) >= 11 is 6.53. The van der Waals surface area contributed by atoms with Crippen LogP contribution in [0.4, 0.5) is 0 Å². The van der Waals surface area contributed by atoms with Gasteiger partial charge in [-0.2, -0.15) is 0 Å². The summed E-state index contributed by atoms with van der Waals surface area (Å²) in [5.41, 5.74) is 2.04. The van der Waals surface area contributed by atoms with Crippen molar-refractivity contribution >= 4 is 38.7 Å². The summed E-state index contributed by atoms with van der Waals surface area (Å²) in [5, 5.41) is 5.19. The van der Waals surface area contributed by atoms with Crippen molar-refractivity contribution < 1.29 is 0 Å². The Morgan fingerprint density at radius 1 is 0.708 bits per heavy atom. The third-order valence-corrected chi connectivity index (χ3v) is 4.78. The van der Waals surface area contributed by atoms with E-state index in [4.69, 9.17) is 11.6 Å². The molecule has 24 heavy (non-hydrogen) atoms. The highest BCUT2D eigenvalue weighted by atomic mass is 35.5. The van der Waals surface area contributed by atoms with Gasteiger partial charge in [0.1, 0.15) is 5.82 Å². The summed E-state index contributed by atoms with van der Waals surface area (Å²) in [7, 11) is 0. The molecule has 0 aliphatic heterocycles. The number of nitrogens with zero attached hydrogens (tertiary/aromatic N) is 2. The van der Waals surface area contributed by atoms with Crippen molar-refractivity contribution in [3.8, 4) is 11.4 Å². The van der Waals surface area contributed by atoms with Crippen LogP contribution in [0.1, 0.15) is 0 Å². The van der Waals surface area contributed by atoms with E-state index in [2.05, 4.69) is 70.0 Å². The van der Waals surface area contributed by atoms with Crippen molar-refractivity contribution in [2.75, 3.05) is 0 Å². The standard InChI is InChI=1S/C21H13ClN2/c22-20-19-17-10-4-2-7-15(17)12-13-24(19)21(23-20)18-11-5-8-14-6-1-3-9-16(14)18/h1-13H. The highest BCUT2D eigenvalue weighted by molar-refractivity contribution is 6.34. The zero-order valence-corrected chi connectivity index (χ0v) is 13.5. The summed E-state index contributed by atoms with van der Waals surface area (Å²) in [6.07, 6.45) is 2.05. The van der Waals surface area contributed by atoms with E-state index < -0.39 is 0 Å². The fourth-order valence-electron chi connectivity index (χ4n) is 3.41. The Kier molecular flexibility index (Phi) is 2.88. The van der Waals surface area contributed by atoms with Gasteiger partial charge < -0.3 is 0 Å². The largest absolute Gasteiger partial charge is 0.298 e. The lowest BCUT2D eigenvalue weighted by Gasteiger charge is -2.07. The molecular formula is C21H13ClN2. The van der Waals surface area contributed by atoms with Crippen molar-refractivity contribution in [2.24, 2.45) is 0 Å². The number of aromatic nitrogens is 2. The molecular weight excluding hydrogens is 316 g/mol. The lowest BCUT2D eigenvalue weighted by molar-refractivity contribution is 1.18. The highest BCUT2D eigenvalue weighted by Crippen LogP contribution is 2.34. The molecule has 0 fully saturated rings. The quantitative estimate of drug-likeness (QED) is 0.371. The summed E-state index contributed by atoms with van der Waals surface area (Å²) in [4.78, 5) is 4.69. The molecule has 5 aromatic rings. The van der Waals surface area contributed by atoms with Crippen LogP contribution in [0, 0.1) is 0 Å². The molecule has 0 N–H and O–H groups in total. The smallest absolute Gasteiger partial charge is 0.156 e. The summed E-state index contributed by atoms with van der Waals surface area (Å²) in [6, 6.07) is 25.0. The number of hydrogen-bond donors (Lipinski definition) is 0. The highest BCUT2D eigenvalue weighted by Gasteiger charge is 2.15. The molecule has 0 spiro atoms. The molecule has 0 radical (unpaired) electrons. The van der Waals surface area contributed by atoms with Crippen LogP contribution in [0.2, 0.25) is 5.15 Å². The predicted molar refractivity (Wildman–Crippen MR) is 101 cm³/mol. The van der Waals surface area contributed by atoms with E-state index >= 15 is 0 Å². The minimum absolute atomic E-state index is 0.537. The second-order valence-corrected chi connectivity index (χ2v) is 6.23. The van der Waals surface area contributed by atoms with E-state index in [9.17, 15) is 0 Å². The fraction of sp³-hybridized carbons (Fsp3) is 0. The number of benzene rings is 3. The minimum atomic E-state index is 0.537. The number of hydrogen-bond acceptors (Lipinski definition) is 1. The van der Waals surface area contributed by atoms with Gasteiger partial charge in [-0.15, -0.1) is 0 Å². The van der Waals surface area contributed by atoms with Crippen LogP contribution < -0.4 is 0 Å². The molecule has 0 unspecified atom stereocenters. The summed E-state index contributed by atoms with van der Waals surface area (Å²) < 4.78 is 2.09. The second-order valence-electron chi connectivity index (χ2n) is 5.87. The Hall–Kier alpha value is -2.84. The van der Waals surface area contributed by atoms with Crippen LogP contribution in [0.3, 0.4) is 0 Å². The van der Waals surface area contributed by atoms with Crippen molar-refractivity contribution in [1.82, 2.24) is 9.38 Å². The maximum atomic E-state index is 6.53. The van der Waals surface area contributed by atoms with Gasteiger partial charge in [0.15, 0.2) is 5.15 Å². The Bertz CT molecular complexity index is 1220. The van der Waals surface area contributed by atoms with Gasteiger partial charge in [0.25, 0.3) is 0 Å². The van der Waals surface area contributed by atoms with E-state index in [1.165, 1.54) is 10.8 Å². The lowest BCUT2D eigenvalue weighted by atomic mass is 10.0. The van der Waals surface area contributed by atoms with Gasteiger partial charge in [-0.05, 0) is 22.2 Å². The molecule has 0 saturated heterocycles. The van der Waals surface area contributed by atoms with Crippen LogP contribution in [0.15, 0.2) is 79.0 Å². The topological polar surface area (TPSA) is 17.3 Å². The molecule has 114 valence electrons. The van der Waals surface area contributed by atoms with Gasteiger partial charge in [-0.1, -0.05) is 78.3 Å². The zero-order chi connectivity index (χ0) is 16.1. The minimum Gasteiger partial charge on any atom is -0.298 e. The Balaban J connectivity index is 1.92. The number of rotatable bonds is 1. The first kappa shape index (κ1) is 13.6. The number of halogens is 1. The molecule has 0 aliphatic rings. The first-order valence-corrected chi connectivity index (χ1v) is 8.24. The van der Waals surface area contributed by atoms with E-state index in [1.807, 2.05) is 18.3 Å². The lowest BCUT2D eigenvalue weighted by Crippen LogP contribution is -1.91. The van der Waals surface area contributed by atoms with Crippen LogP contribution >= 0.6 is 11.6 Å². The maximum Gasteiger partial charge on any atom is 0.156 e. The van der Waals surface area contributed by atoms with Crippen molar-refractivity contribution in [3.63, 3.8) is 0 Å². The zero-order valence-electron chi connectivity index (χ0n) is 12.8. The van der Waals surface area contributed by atoms with E-state index in [-0.39, 0.29) is 0 Å². The van der Waals surface area contributed by atoms with Gasteiger partial charge in [0, 0.05) is 17.1 Å². The number of fused-ring (bicyclic) bond motifs is 4. The molecule has 0 bridgehead atoms. The Labute approximate surface area is 143 Å². The average Bonchev–Trinajstić information content (AvgIpc) is 2.98. The van der Waals surface area contributed by atoms with Gasteiger partial charge in [0.2, 0.25) is 0 Å².